The van der Waals surface area contributed by atoms with Crippen LogP contribution in [0.1, 0.15) is 28.8 Å². The molecule has 3 aromatic carbocycles. The lowest BCUT2D eigenvalue weighted by atomic mass is 10.0. The van der Waals surface area contributed by atoms with Crippen LogP contribution in [0.15, 0.2) is 72.8 Å². The number of hydrogen-bond donors (Lipinski definition) is 3. The summed E-state index contributed by atoms with van der Waals surface area (Å²) < 4.78 is 11.0. The van der Waals surface area contributed by atoms with Gasteiger partial charge in [-0.2, -0.15) is 0 Å². The highest BCUT2D eigenvalue weighted by atomic mass is 16.5. The van der Waals surface area contributed by atoms with Crippen molar-refractivity contribution in [3.63, 3.8) is 0 Å². The van der Waals surface area contributed by atoms with E-state index in [-0.39, 0.29) is 18.4 Å². The third-order valence-corrected chi connectivity index (χ3v) is 5.44. The molecule has 35 heavy (non-hydrogen) atoms. The fourth-order valence-corrected chi connectivity index (χ4v) is 3.62. The average molecular weight is 477 g/mol. The lowest BCUT2D eigenvalue weighted by Gasteiger charge is -2.16. The quantitative estimate of drug-likeness (QED) is 0.387. The maximum Gasteiger partial charge on any atom is 0.320 e. The monoisotopic (exact) mass is 476 g/mol. The number of aliphatic carboxylic acids is 1. The predicted octanol–water partition coefficient (Wildman–Crippen LogP) is 3.65. The summed E-state index contributed by atoms with van der Waals surface area (Å²) in [5.74, 6) is -1.43. The maximum absolute atomic E-state index is 12.8. The molecule has 0 aliphatic rings. The third kappa shape index (κ3) is 6.91. The van der Waals surface area contributed by atoms with Gasteiger partial charge >= 0.3 is 5.97 Å². The smallest absolute Gasteiger partial charge is 0.320 e. The third-order valence-electron chi connectivity index (χ3n) is 5.44. The van der Waals surface area contributed by atoms with Crippen molar-refractivity contribution in [2.75, 3.05) is 14.2 Å². The minimum Gasteiger partial charge on any atom is -0.496 e. The van der Waals surface area contributed by atoms with E-state index in [4.69, 9.17) is 9.47 Å². The Labute approximate surface area is 203 Å². The Kier molecular flexibility index (Phi) is 8.97. The topological polar surface area (TPSA) is 114 Å². The number of carboxylic acids is 1. The normalized spacial score (nSPS) is 11.4. The Morgan fingerprint density at radius 1 is 0.886 bits per heavy atom. The summed E-state index contributed by atoms with van der Waals surface area (Å²) in [6, 6.07) is 20.9. The van der Waals surface area contributed by atoms with Crippen LogP contribution in [0.5, 0.6) is 11.5 Å². The molecule has 0 fully saturated rings. The summed E-state index contributed by atoms with van der Waals surface area (Å²) in [7, 11) is 2.98. The molecule has 0 radical (unpaired) electrons. The molecule has 8 heteroatoms. The summed E-state index contributed by atoms with van der Waals surface area (Å²) in [5, 5.41) is 14.7. The lowest BCUT2D eigenvalue weighted by Crippen LogP contribution is -2.38. The van der Waals surface area contributed by atoms with Gasteiger partial charge in [0.15, 0.2) is 0 Å². The minimum absolute atomic E-state index is 0.0286. The van der Waals surface area contributed by atoms with Gasteiger partial charge in [-0.1, -0.05) is 60.7 Å². The molecule has 0 aliphatic carbocycles. The summed E-state index contributed by atoms with van der Waals surface area (Å²) in [6.45, 7) is 0.353. The van der Waals surface area contributed by atoms with E-state index in [0.29, 0.717) is 23.6 Å². The summed E-state index contributed by atoms with van der Waals surface area (Å²) in [4.78, 5) is 36.7. The van der Waals surface area contributed by atoms with Gasteiger partial charge in [0, 0.05) is 18.5 Å². The molecule has 0 saturated carbocycles. The number of carbonyl (C=O) groups excluding carboxylic acids is 2. The van der Waals surface area contributed by atoms with Gasteiger partial charge in [0.1, 0.15) is 17.5 Å². The average Bonchev–Trinajstić information content (AvgIpc) is 2.88. The molecule has 0 heterocycles. The number of carboxylic acid groups (broad SMARTS) is 1. The lowest BCUT2D eigenvalue weighted by molar-refractivity contribution is -0.139. The highest BCUT2D eigenvalue weighted by Crippen LogP contribution is 2.39. The molecule has 0 aliphatic heterocycles. The van der Waals surface area contributed by atoms with Crippen molar-refractivity contribution in [2.45, 2.75) is 25.4 Å². The van der Waals surface area contributed by atoms with Crippen molar-refractivity contribution in [1.29, 1.82) is 0 Å². The van der Waals surface area contributed by atoms with Gasteiger partial charge in [-0.05, 0) is 29.7 Å². The standard InChI is InChI=1S/C27H28N2O6/c1-34-22-15-20(16-23(35-2)25(22)19-11-7-4-8-12-19)26(31)29-24(30)14-13-21(27(32)33)28-17-18-9-5-3-6-10-18/h3-12,15-16,21,28H,13-14,17H2,1-2H3,(H,32,33)(H,29,30,31)/t21-/m0/s1. The molecule has 3 rings (SSSR count). The van der Waals surface area contributed by atoms with Crippen LogP contribution in [0.25, 0.3) is 11.1 Å². The van der Waals surface area contributed by atoms with E-state index in [2.05, 4.69) is 10.6 Å². The summed E-state index contributed by atoms with van der Waals surface area (Å²) in [5.41, 5.74) is 2.66. The Hall–Kier alpha value is -4.17. The van der Waals surface area contributed by atoms with E-state index in [1.165, 1.54) is 26.4 Å². The van der Waals surface area contributed by atoms with Crippen LogP contribution < -0.4 is 20.1 Å². The highest BCUT2D eigenvalue weighted by Gasteiger charge is 2.21. The van der Waals surface area contributed by atoms with Crippen molar-refractivity contribution < 1.29 is 29.0 Å². The molecule has 3 N–H and O–H groups in total. The van der Waals surface area contributed by atoms with Gasteiger partial charge in [-0.25, -0.2) is 0 Å². The van der Waals surface area contributed by atoms with E-state index in [1.54, 1.807) is 0 Å². The highest BCUT2D eigenvalue weighted by molar-refractivity contribution is 6.05. The van der Waals surface area contributed by atoms with E-state index >= 15 is 0 Å². The molecule has 0 spiro atoms. The minimum atomic E-state index is -1.06. The van der Waals surface area contributed by atoms with Crippen molar-refractivity contribution in [2.24, 2.45) is 0 Å². The number of hydrogen-bond acceptors (Lipinski definition) is 6. The van der Waals surface area contributed by atoms with E-state index in [9.17, 15) is 19.5 Å². The fraction of sp³-hybridized carbons (Fsp3) is 0.222. The molecule has 0 aromatic heterocycles. The van der Waals surface area contributed by atoms with Crippen LogP contribution >= 0.6 is 0 Å². The first-order chi connectivity index (χ1) is 16.9. The second-order valence-electron chi connectivity index (χ2n) is 7.80. The SMILES string of the molecule is COc1cc(C(=O)NC(=O)CC[C@H](NCc2ccccc2)C(=O)O)cc(OC)c1-c1ccccc1. The van der Waals surface area contributed by atoms with Gasteiger partial charge < -0.3 is 19.9 Å². The second kappa shape index (κ2) is 12.3. The van der Waals surface area contributed by atoms with Crippen LogP contribution in [0, 0.1) is 0 Å². The summed E-state index contributed by atoms with van der Waals surface area (Å²) in [6.07, 6.45) is -0.109. The Morgan fingerprint density at radius 2 is 1.46 bits per heavy atom. The molecule has 8 nitrogen and oxygen atoms in total. The van der Waals surface area contributed by atoms with Crippen molar-refractivity contribution in [1.82, 2.24) is 10.6 Å². The zero-order valence-corrected chi connectivity index (χ0v) is 19.6. The number of methoxy groups -OCH3 is 2. The number of nitrogens with one attached hydrogen (secondary N) is 2. The first kappa shape index (κ1) is 25.5. The van der Waals surface area contributed by atoms with E-state index in [0.717, 1.165) is 11.1 Å². The van der Waals surface area contributed by atoms with Crippen LogP contribution in [0.4, 0.5) is 0 Å². The Bertz CT molecular complexity index is 1140. The molecule has 1 atom stereocenters. The number of benzene rings is 3. The van der Waals surface area contributed by atoms with Gasteiger partial charge in [-0.3, -0.25) is 19.7 Å². The number of imide groups is 1. The van der Waals surface area contributed by atoms with Crippen molar-refractivity contribution >= 4 is 17.8 Å². The van der Waals surface area contributed by atoms with Crippen LogP contribution in [-0.2, 0) is 16.1 Å². The molecule has 0 saturated heterocycles. The van der Waals surface area contributed by atoms with Gasteiger partial charge in [0.25, 0.3) is 5.91 Å². The molecular formula is C27H28N2O6. The van der Waals surface area contributed by atoms with Gasteiger partial charge in [0.2, 0.25) is 5.91 Å². The molecular weight excluding hydrogens is 448 g/mol. The van der Waals surface area contributed by atoms with Gasteiger partial charge in [0.05, 0.1) is 19.8 Å². The first-order valence-electron chi connectivity index (χ1n) is 11.1. The van der Waals surface area contributed by atoms with E-state index in [1.807, 2.05) is 60.7 Å². The maximum atomic E-state index is 12.8. The van der Waals surface area contributed by atoms with Crippen molar-refractivity contribution in [3.05, 3.63) is 83.9 Å². The molecule has 2 amide bonds. The van der Waals surface area contributed by atoms with Crippen LogP contribution in [0.3, 0.4) is 0 Å². The Morgan fingerprint density at radius 3 is 2.00 bits per heavy atom. The van der Waals surface area contributed by atoms with Gasteiger partial charge in [-0.15, -0.1) is 0 Å². The predicted molar refractivity (Wildman–Crippen MR) is 131 cm³/mol. The van der Waals surface area contributed by atoms with Crippen LogP contribution in [-0.4, -0.2) is 43.2 Å². The Balaban J connectivity index is 1.65. The number of carbonyl (C=O) groups is 3. The van der Waals surface area contributed by atoms with Crippen LogP contribution in [0.2, 0.25) is 0 Å². The molecule has 182 valence electrons. The number of ether oxygens (including phenoxy) is 2. The molecule has 0 unspecified atom stereocenters. The van der Waals surface area contributed by atoms with Crippen molar-refractivity contribution in [3.8, 4) is 22.6 Å². The van der Waals surface area contributed by atoms with E-state index < -0.39 is 23.8 Å². The first-order valence-corrected chi connectivity index (χ1v) is 11.1. The zero-order chi connectivity index (χ0) is 25.2. The fourth-order valence-electron chi connectivity index (χ4n) is 3.62. The molecule has 3 aromatic rings. The summed E-state index contributed by atoms with van der Waals surface area (Å²) >= 11 is 0. The largest absolute Gasteiger partial charge is 0.496 e. The number of amides is 2. The molecule has 0 bridgehead atoms. The number of rotatable bonds is 11. The zero-order valence-electron chi connectivity index (χ0n) is 19.6. The second-order valence-corrected chi connectivity index (χ2v) is 7.80.